The maximum absolute atomic E-state index is 12.4. The zero-order valence-corrected chi connectivity index (χ0v) is 12.6. The largest absolute Gasteiger partial charge is 0.497 e. The molecule has 0 spiro atoms. The van der Waals surface area contributed by atoms with Gasteiger partial charge in [0.15, 0.2) is 0 Å². The predicted octanol–water partition coefficient (Wildman–Crippen LogP) is 2.74. The lowest BCUT2D eigenvalue weighted by Gasteiger charge is -2.09. The van der Waals surface area contributed by atoms with Crippen LogP contribution in [0.1, 0.15) is 33.9 Å². The Morgan fingerprint density at radius 3 is 2.71 bits per heavy atom. The molecule has 0 fully saturated rings. The van der Waals surface area contributed by atoms with E-state index in [1.165, 1.54) is 11.1 Å². The van der Waals surface area contributed by atoms with Gasteiger partial charge in [0.05, 0.1) is 12.7 Å². The number of carbonyl (C=O) groups excluding carboxylic acids is 1. The summed E-state index contributed by atoms with van der Waals surface area (Å²) in [7, 11) is 1.61. The predicted molar refractivity (Wildman–Crippen MR) is 81.8 cm³/mol. The van der Waals surface area contributed by atoms with Crippen LogP contribution >= 0.6 is 11.6 Å². The Labute approximate surface area is 128 Å². The summed E-state index contributed by atoms with van der Waals surface area (Å²) in [4.78, 5) is 12.4. The van der Waals surface area contributed by atoms with Crippen molar-refractivity contribution in [2.75, 3.05) is 7.11 Å². The van der Waals surface area contributed by atoms with Crippen molar-refractivity contribution < 1.29 is 14.8 Å². The number of quaternary nitrogens is 1. The van der Waals surface area contributed by atoms with Gasteiger partial charge >= 0.3 is 5.91 Å². The van der Waals surface area contributed by atoms with Crippen LogP contribution in [0.5, 0.6) is 5.75 Å². The Balaban J connectivity index is 1.74. The van der Waals surface area contributed by atoms with Crippen LogP contribution in [0.4, 0.5) is 0 Å². The number of carbonyl (C=O) groups is 1. The van der Waals surface area contributed by atoms with Gasteiger partial charge in [-0.25, -0.2) is 4.79 Å². The second-order valence-corrected chi connectivity index (χ2v) is 5.68. The molecule has 3 nitrogen and oxygen atoms in total. The highest BCUT2D eigenvalue weighted by molar-refractivity contribution is 6.30. The molecule has 0 heterocycles. The quantitative estimate of drug-likeness (QED) is 0.947. The maximum Gasteiger partial charge on any atom is 0.343 e. The molecule has 0 aromatic heterocycles. The van der Waals surface area contributed by atoms with E-state index < -0.39 is 0 Å². The fourth-order valence-corrected chi connectivity index (χ4v) is 3.02. The van der Waals surface area contributed by atoms with Gasteiger partial charge < -0.3 is 4.74 Å². The zero-order valence-electron chi connectivity index (χ0n) is 11.8. The molecule has 2 aromatic rings. The van der Waals surface area contributed by atoms with Crippen molar-refractivity contribution in [3.05, 3.63) is 64.2 Å². The number of nitrogens with two attached hydrogens (primary N) is 1. The third kappa shape index (κ3) is 2.94. The Morgan fingerprint density at radius 1 is 1.24 bits per heavy atom. The Bertz CT molecular complexity index is 667. The summed E-state index contributed by atoms with van der Waals surface area (Å²) in [5.41, 5.74) is 3.17. The SMILES string of the molecule is COc1ccc(C(=O)[NH2+]C2CCc3cc(Cl)ccc32)cc1. The normalized spacial score (nSPS) is 16.6. The molecule has 1 aliphatic rings. The van der Waals surface area contributed by atoms with Crippen molar-refractivity contribution >= 4 is 17.5 Å². The first-order chi connectivity index (χ1) is 10.2. The van der Waals surface area contributed by atoms with E-state index in [-0.39, 0.29) is 11.9 Å². The van der Waals surface area contributed by atoms with Crippen molar-refractivity contribution in [3.63, 3.8) is 0 Å². The van der Waals surface area contributed by atoms with E-state index in [9.17, 15) is 4.79 Å². The summed E-state index contributed by atoms with van der Waals surface area (Å²) in [6.45, 7) is 0. The molecule has 1 aliphatic carbocycles. The summed E-state index contributed by atoms with van der Waals surface area (Å²) in [5.74, 6) is 0.817. The highest BCUT2D eigenvalue weighted by Gasteiger charge is 2.28. The Morgan fingerprint density at radius 2 is 2.00 bits per heavy atom. The van der Waals surface area contributed by atoms with Gasteiger partial charge in [0.2, 0.25) is 0 Å². The fraction of sp³-hybridized carbons (Fsp3) is 0.235. The number of halogens is 1. The standard InChI is InChI=1S/C17H16ClNO2/c1-21-14-6-2-11(3-7-14)17(20)19-16-9-4-12-10-13(18)5-8-15(12)16/h2-3,5-8,10,16H,4,9H2,1H3,(H,19,20)/p+1. The van der Waals surface area contributed by atoms with Gasteiger partial charge in [0, 0.05) is 17.0 Å². The number of benzene rings is 2. The van der Waals surface area contributed by atoms with Gasteiger partial charge in [-0.1, -0.05) is 17.7 Å². The van der Waals surface area contributed by atoms with Crippen molar-refractivity contribution in [1.82, 2.24) is 0 Å². The number of amides is 1. The van der Waals surface area contributed by atoms with Crippen LogP contribution in [0.15, 0.2) is 42.5 Å². The molecule has 1 amide bonds. The molecule has 0 aliphatic heterocycles. The van der Waals surface area contributed by atoms with Gasteiger partial charge in [-0.3, -0.25) is 5.32 Å². The van der Waals surface area contributed by atoms with E-state index in [0.717, 1.165) is 23.6 Å². The molecule has 2 N–H and O–H groups in total. The van der Waals surface area contributed by atoms with Crippen LogP contribution in [-0.2, 0) is 6.42 Å². The molecule has 0 radical (unpaired) electrons. The van der Waals surface area contributed by atoms with Gasteiger partial charge in [-0.2, -0.15) is 0 Å². The van der Waals surface area contributed by atoms with E-state index in [4.69, 9.17) is 16.3 Å². The number of primary amides is 1. The van der Waals surface area contributed by atoms with Gasteiger partial charge in [-0.05, 0) is 48.4 Å². The number of hydrogen-bond donors (Lipinski definition) is 1. The summed E-state index contributed by atoms with van der Waals surface area (Å²) in [6, 6.07) is 13.3. The number of rotatable bonds is 3. The van der Waals surface area contributed by atoms with Crippen molar-refractivity contribution in [1.29, 1.82) is 0 Å². The molecule has 0 saturated carbocycles. The zero-order chi connectivity index (χ0) is 14.8. The topological polar surface area (TPSA) is 42.9 Å². The molecular formula is C17H17ClNO2+. The lowest BCUT2D eigenvalue weighted by Crippen LogP contribution is -2.88. The molecular weight excluding hydrogens is 286 g/mol. The summed E-state index contributed by atoms with van der Waals surface area (Å²) >= 11 is 6.01. The molecule has 1 unspecified atom stereocenters. The number of methoxy groups -OCH3 is 1. The van der Waals surface area contributed by atoms with Gasteiger partial charge in [0.1, 0.15) is 11.8 Å². The number of ether oxygens (including phenoxy) is 1. The third-order valence-corrected chi connectivity index (χ3v) is 4.19. The van der Waals surface area contributed by atoms with Crippen LogP contribution in [-0.4, -0.2) is 13.0 Å². The van der Waals surface area contributed by atoms with Crippen LogP contribution in [0.2, 0.25) is 5.02 Å². The molecule has 108 valence electrons. The second-order valence-electron chi connectivity index (χ2n) is 5.25. The van der Waals surface area contributed by atoms with E-state index in [1.54, 1.807) is 19.2 Å². The van der Waals surface area contributed by atoms with Gasteiger partial charge in [0.25, 0.3) is 0 Å². The lowest BCUT2D eigenvalue weighted by molar-refractivity contribution is -0.600. The van der Waals surface area contributed by atoms with Crippen molar-refractivity contribution in [2.24, 2.45) is 0 Å². The minimum Gasteiger partial charge on any atom is -0.497 e. The molecule has 1 atom stereocenters. The average molecular weight is 303 g/mol. The smallest absolute Gasteiger partial charge is 0.343 e. The van der Waals surface area contributed by atoms with Crippen molar-refractivity contribution in [3.8, 4) is 5.75 Å². The highest BCUT2D eigenvalue weighted by Crippen LogP contribution is 2.30. The molecule has 2 aromatic carbocycles. The Hall–Kier alpha value is -1.84. The number of fused-ring (bicyclic) bond motifs is 1. The van der Waals surface area contributed by atoms with E-state index in [0.29, 0.717) is 5.56 Å². The number of aryl methyl sites for hydroxylation is 1. The van der Waals surface area contributed by atoms with Crippen molar-refractivity contribution in [2.45, 2.75) is 18.9 Å². The molecule has 4 heteroatoms. The minimum absolute atomic E-state index is 0.0606. The highest BCUT2D eigenvalue weighted by atomic mass is 35.5. The monoisotopic (exact) mass is 302 g/mol. The first-order valence-electron chi connectivity index (χ1n) is 6.99. The summed E-state index contributed by atoms with van der Waals surface area (Å²) in [5, 5.41) is 2.58. The Kier molecular flexibility index (Phi) is 3.95. The van der Waals surface area contributed by atoms with Crippen LogP contribution in [0.25, 0.3) is 0 Å². The second kappa shape index (κ2) is 5.88. The summed E-state index contributed by atoms with van der Waals surface area (Å²) < 4.78 is 5.11. The minimum atomic E-state index is 0.0606. The van der Waals surface area contributed by atoms with Crippen LogP contribution < -0.4 is 10.1 Å². The van der Waals surface area contributed by atoms with Crippen LogP contribution in [0.3, 0.4) is 0 Å². The molecule has 21 heavy (non-hydrogen) atoms. The number of hydrogen-bond acceptors (Lipinski definition) is 2. The molecule has 0 saturated heterocycles. The first-order valence-corrected chi connectivity index (χ1v) is 7.37. The lowest BCUT2D eigenvalue weighted by atomic mass is 10.1. The molecule has 3 rings (SSSR count). The van der Waals surface area contributed by atoms with Crippen LogP contribution in [0, 0.1) is 0 Å². The fourth-order valence-electron chi connectivity index (χ4n) is 2.83. The maximum atomic E-state index is 12.4. The third-order valence-electron chi connectivity index (χ3n) is 3.96. The van der Waals surface area contributed by atoms with E-state index >= 15 is 0 Å². The first kappa shape index (κ1) is 14.1. The average Bonchev–Trinajstić information content (AvgIpc) is 2.89. The summed E-state index contributed by atoms with van der Waals surface area (Å²) in [6.07, 6.45) is 1.95. The van der Waals surface area contributed by atoms with Gasteiger partial charge in [-0.15, -0.1) is 0 Å². The van der Waals surface area contributed by atoms with E-state index in [2.05, 4.69) is 0 Å². The van der Waals surface area contributed by atoms with E-state index in [1.807, 2.05) is 35.6 Å². The molecule has 0 bridgehead atoms.